The molecule has 0 heterocycles. The number of halogens is 5. The summed E-state index contributed by atoms with van der Waals surface area (Å²) in [5.74, 6) is -9.15. The van der Waals surface area contributed by atoms with Crippen molar-refractivity contribution in [1.29, 1.82) is 0 Å². The highest BCUT2D eigenvalue weighted by Gasteiger charge is 2.28. The summed E-state index contributed by atoms with van der Waals surface area (Å²) >= 11 is 0. The second kappa shape index (κ2) is 7.18. The number of nitrogens with one attached hydrogen (secondary N) is 1. The summed E-state index contributed by atoms with van der Waals surface area (Å²) in [7, 11) is 0. The molecule has 0 saturated heterocycles. The van der Waals surface area contributed by atoms with Crippen molar-refractivity contribution in [3.05, 3.63) is 70.7 Å². The molecule has 5 nitrogen and oxygen atoms in total. The topological polar surface area (TPSA) is 90.4 Å². The summed E-state index contributed by atoms with van der Waals surface area (Å²) in [4.78, 5) is 12.0. The smallest absolute Gasteiger partial charge is 0.343 e. The molecule has 0 unspecified atom stereocenters. The summed E-state index contributed by atoms with van der Waals surface area (Å²) in [5, 5.41) is 0. The van der Waals surface area contributed by atoms with Crippen molar-refractivity contribution in [3.8, 4) is 5.75 Å². The Kier molecular flexibility index (Phi) is 5.22. The zero-order valence-corrected chi connectivity index (χ0v) is 12.2. The van der Waals surface area contributed by atoms with Crippen LogP contribution in [0, 0.1) is 29.1 Å². The molecular weight excluding hydrogens is 349 g/mol. The van der Waals surface area contributed by atoms with Crippen LogP contribution in [-0.2, 0) is 0 Å². The van der Waals surface area contributed by atoms with Crippen LogP contribution < -0.4 is 21.7 Å². The Balaban J connectivity index is 2.41. The van der Waals surface area contributed by atoms with Crippen LogP contribution in [0.4, 0.5) is 22.0 Å². The highest BCUT2D eigenvalue weighted by molar-refractivity contribution is 5.92. The van der Waals surface area contributed by atoms with Gasteiger partial charge >= 0.3 is 5.97 Å². The van der Waals surface area contributed by atoms with Crippen molar-refractivity contribution < 1.29 is 31.5 Å². The molecule has 0 atom stereocenters. The molecule has 2 aromatic rings. The molecule has 25 heavy (non-hydrogen) atoms. The number of ether oxygens (including phenoxy) is 1. The number of carbonyl (C=O) groups excluding carboxylic acids is 1. The average molecular weight is 359 g/mol. The van der Waals surface area contributed by atoms with E-state index in [0.29, 0.717) is 5.56 Å². The van der Waals surface area contributed by atoms with Gasteiger partial charge in [0.05, 0.1) is 11.3 Å². The first-order valence-electron chi connectivity index (χ1n) is 6.54. The molecule has 2 aromatic carbocycles. The number of esters is 1. The van der Waals surface area contributed by atoms with Crippen molar-refractivity contribution in [2.24, 2.45) is 11.6 Å². The van der Waals surface area contributed by atoms with Gasteiger partial charge in [-0.3, -0.25) is 5.84 Å². The molecule has 0 fully saturated rings. The van der Waals surface area contributed by atoms with Gasteiger partial charge in [0.25, 0.3) is 0 Å². The summed E-state index contributed by atoms with van der Waals surface area (Å²) < 4.78 is 70.6. The predicted octanol–water partition coefficient (Wildman–Crippen LogP) is 2.32. The third-order valence-corrected chi connectivity index (χ3v) is 3.10. The van der Waals surface area contributed by atoms with Crippen molar-refractivity contribution in [2.75, 3.05) is 0 Å². The first kappa shape index (κ1) is 18.2. The van der Waals surface area contributed by atoms with E-state index >= 15 is 0 Å². The number of hydrogen-bond donors (Lipinski definition) is 3. The number of rotatable bonds is 4. The highest BCUT2D eigenvalue weighted by Crippen LogP contribution is 2.29. The molecule has 0 amide bonds. The fraction of sp³-hybridized carbons (Fsp3) is 0. The maximum Gasteiger partial charge on any atom is 0.343 e. The molecule has 0 aliphatic rings. The van der Waals surface area contributed by atoms with Crippen molar-refractivity contribution >= 4 is 11.7 Å². The molecule has 10 heteroatoms. The zero-order chi connectivity index (χ0) is 18.7. The fourth-order valence-electron chi connectivity index (χ4n) is 1.87. The molecule has 0 aliphatic heterocycles. The molecule has 0 spiro atoms. The Hall–Kier alpha value is -3.14. The number of benzene rings is 2. The Labute approximate surface area is 137 Å². The highest BCUT2D eigenvalue weighted by atomic mass is 19.2. The lowest BCUT2D eigenvalue weighted by atomic mass is 10.1. The van der Waals surface area contributed by atoms with Crippen LogP contribution in [0.2, 0.25) is 0 Å². The maximum absolute atomic E-state index is 13.5. The van der Waals surface area contributed by atoms with Gasteiger partial charge in [-0.25, -0.2) is 18.0 Å². The van der Waals surface area contributed by atoms with E-state index in [9.17, 15) is 26.7 Å². The number of hydrogen-bond acceptors (Lipinski definition) is 5. The third kappa shape index (κ3) is 3.38. The minimum atomic E-state index is -2.36. The van der Waals surface area contributed by atoms with E-state index in [1.54, 1.807) is 0 Å². The number of carbonyl (C=O) groups is 1. The van der Waals surface area contributed by atoms with E-state index in [0.717, 1.165) is 6.20 Å². The van der Waals surface area contributed by atoms with E-state index in [1.807, 2.05) is 0 Å². The first-order chi connectivity index (χ1) is 11.8. The van der Waals surface area contributed by atoms with Crippen molar-refractivity contribution in [3.63, 3.8) is 0 Å². The van der Waals surface area contributed by atoms with Crippen LogP contribution in [0.1, 0.15) is 15.9 Å². The van der Waals surface area contributed by atoms with Gasteiger partial charge in [0, 0.05) is 11.8 Å². The second-order valence-electron chi connectivity index (χ2n) is 4.59. The molecule has 0 bridgehead atoms. The molecule has 132 valence electrons. The van der Waals surface area contributed by atoms with Crippen LogP contribution in [-0.4, -0.2) is 5.97 Å². The van der Waals surface area contributed by atoms with Crippen LogP contribution in [0.15, 0.2) is 30.5 Å². The van der Waals surface area contributed by atoms with Gasteiger partial charge in [-0.05, 0) is 12.1 Å². The summed E-state index contributed by atoms with van der Waals surface area (Å²) in [5.41, 5.74) is 7.85. The minimum Gasteiger partial charge on any atom is -0.416 e. The predicted molar refractivity (Wildman–Crippen MR) is 77.1 cm³/mol. The standard InChI is InChI=1S/C15H10F5N3O2/c16-9-10(17)12(19)14(13(20)11(9)18)25-15(24)7-3-1-2-6(4-7)8(5-21)23-22/h1-5,23H,21-22H2. The van der Waals surface area contributed by atoms with Gasteiger partial charge in [-0.15, -0.1) is 0 Å². The van der Waals surface area contributed by atoms with E-state index in [-0.39, 0.29) is 11.3 Å². The lowest BCUT2D eigenvalue weighted by Gasteiger charge is -2.10. The molecule has 5 N–H and O–H groups in total. The molecule has 2 rings (SSSR count). The SMILES string of the molecule is NC=C(NN)c1cccc(C(=O)Oc2c(F)c(F)c(F)c(F)c2F)c1. The Morgan fingerprint density at radius 1 is 0.960 bits per heavy atom. The molecular formula is C15H10F5N3O2. The lowest BCUT2D eigenvalue weighted by Crippen LogP contribution is -2.21. The van der Waals surface area contributed by atoms with E-state index in [4.69, 9.17) is 11.6 Å². The van der Waals surface area contributed by atoms with Gasteiger partial charge in [0.1, 0.15) is 0 Å². The monoisotopic (exact) mass is 359 g/mol. The van der Waals surface area contributed by atoms with Crippen LogP contribution in [0.25, 0.3) is 5.70 Å². The Morgan fingerprint density at radius 3 is 2.00 bits per heavy atom. The normalized spacial score (nSPS) is 11.4. The average Bonchev–Trinajstić information content (AvgIpc) is 2.63. The Bertz CT molecular complexity index is 841. The molecule has 0 saturated carbocycles. The van der Waals surface area contributed by atoms with E-state index in [1.165, 1.54) is 24.3 Å². The van der Waals surface area contributed by atoms with Gasteiger partial charge in [0.2, 0.25) is 34.8 Å². The van der Waals surface area contributed by atoms with Crippen LogP contribution >= 0.6 is 0 Å². The number of hydrazine groups is 1. The minimum absolute atomic E-state index is 0.214. The zero-order valence-electron chi connectivity index (χ0n) is 12.2. The largest absolute Gasteiger partial charge is 0.416 e. The lowest BCUT2D eigenvalue weighted by molar-refractivity contribution is 0.0716. The molecule has 0 aliphatic carbocycles. The van der Waals surface area contributed by atoms with Crippen molar-refractivity contribution in [2.45, 2.75) is 0 Å². The van der Waals surface area contributed by atoms with Crippen LogP contribution in [0.5, 0.6) is 5.75 Å². The molecule has 0 aromatic heterocycles. The van der Waals surface area contributed by atoms with Gasteiger partial charge in [-0.1, -0.05) is 12.1 Å². The quantitative estimate of drug-likeness (QED) is 0.148. The number of nitrogens with two attached hydrogens (primary N) is 2. The first-order valence-corrected chi connectivity index (χ1v) is 6.54. The van der Waals surface area contributed by atoms with Gasteiger partial charge < -0.3 is 15.9 Å². The van der Waals surface area contributed by atoms with E-state index in [2.05, 4.69) is 10.2 Å². The Morgan fingerprint density at radius 2 is 1.48 bits per heavy atom. The summed E-state index contributed by atoms with van der Waals surface area (Å²) in [6.45, 7) is 0. The van der Waals surface area contributed by atoms with Gasteiger partial charge in [0.15, 0.2) is 0 Å². The second-order valence-corrected chi connectivity index (χ2v) is 4.59. The summed E-state index contributed by atoms with van der Waals surface area (Å²) in [6, 6.07) is 5.24. The third-order valence-electron chi connectivity index (χ3n) is 3.10. The fourth-order valence-corrected chi connectivity index (χ4v) is 1.87. The van der Waals surface area contributed by atoms with E-state index < -0.39 is 40.8 Å². The molecule has 0 radical (unpaired) electrons. The van der Waals surface area contributed by atoms with Crippen molar-refractivity contribution in [1.82, 2.24) is 5.43 Å². The van der Waals surface area contributed by atoms with Crippen LogP contribution in [0.3, 0.4) is 0 Å². The maximum atomic E-state index is 13.5. The summed E-state index contributed by atoms with van der Waals surface area (Å²) in [6.07, 6.45) is 1.09. The van der Waals surface area contributed by atoms with Gasteiger partial charge in [-0.2, -0.15) is 8.78 Å².